The van der Waals surface area contributed by atoms with Gasteiger partial charge < -0.3 is 14.5 Å². The van der Waals surface area contributed by atoms with E-state index in [2.05, 4.69) is 5.32 Å². The summed E-state index contributed by atoms with van der Waals surface area (Å²) < 4.78 is 33.3. The maximum Gasteiger partial charge on any atom is 0.336 e. The second-order valence-corrected chi connectivity index (χ2v) is 7.91. The van der Waals surface area contributed by atoms with Crippen LogP contribution in [0.2, 0.25) is 5.02 Å². The summed E-state index contributed by atoms with van der Waals surface area (Å²) in [6.45, 7) is 1.35. The number of fused-ring (bicyclic) bond motifs is 1. The number of amides is 1. The number of aryl methyl sites for hydroxylation is 1. The van der Waals surface area contributed by atoms with Crippen LogP contribution in [0.1, 0.15) is 5.56 Å². The number of nitrogens with two attached hydrogens (primary N) is 1. The Morgan fingerprint density at radius 1 is 1.25 bits per heavy atom. The van der Waals surface area contributed by atoms with Gasteiger partial charge in [0.1, 0.15) is 11.3 Å². The van der Waals surface area contributed by atoms with Gasteiger partial charge in [-0.15, -0.1) is 0 Å². The summed E-state index contributed by atoms with van der Waals surface area (Å²) in [5, 5.41) is 8.46. The molecule has 10 heteroatoms. The maximum atomic E-state index is 12.1. The molecule has 1 heterocycles. The Balaban J connectivity index is 1.74. The van der Waals surface area contributed by atoms with Gasteiger partial charge >= 0.3 is 5.63 Å². The van der Waals surface area contributed by atoms with Gasteiger partial charge in [-0.1, -0.05) is 17.7 Å². The zero-order valence-corrected chi connectivity index (χ0v) is 16.1. The average Bonchev–Trinajstić information content (AvgIpc) is 2.60. The number of anilines is 1. The molecular weight excluding hydrogens is 408 g/mol. The summed E-state index contributed by atoms with van der Waals surface area (Å²) >= 11 is 6.17. The van der Waals surface area contributed by atoms with E-state index in [4.69, 9.17) is 25.9 Å². The first-order valence-corrected chi connectivity index (χ1v) is 9.85. The number of nitrogens with one attached hydrogen (secondary N) is 1. The number of primary sulfonamides is 1. The molecule has 3 rings (SSSR count). The molecule has 0 aliphatic heterocycles. The number of hydrogen-bond donors (Lipinski definition) is 2. The molecule has 0 fully saturated rings. The molecule has 0 saturated heterocycles. The third-order valence-electron chi connectivity index (χ3n) is 3.81. The Kier molecular flexibility index (Phi) is 5.41. The predicted molar refractivity (Wildman–Crippen MR) is 104 cm³/mol. The number of carbonyl (C=O) groups is 1. The highest BCUT2D eigenvalue weighted by atomic mass is 35.5. The van der Waals surface area contributed by atoms with Crippen LogP contribution in [-0.2, 0) is 14.8 Å². The lowest BCUT2D eigenvalue weighted by Crippen LogP contribution is -2.20. The van der Waals surface area contributed by atoms with Crippen LogP contribution in [0.5, 0.6) is 5.75 Å². The molecule has 1 aromatic heterocycles. The molecule has 0 aliphatic rings. The molecule has 2 aromatic carbocycles. The topological polar surface area (TPSA) is 129 Å². The summed E-state index contributed by atoms with van der Waals surface area (Å²) in [5.41, 5.74) is 0.718. The Hall–Kier alpha value is -2.88. The first-order valence-electron chi connectivity index (χ1n) is 7.93. The van der Waals surface area contributed by atoms with Crippen LogP contribution in [0.3, 0.4) is 0 Å². The van der Waals surface area contributed by atoms with E-state index < -0.39 is 28.2 Å². The summed E-state index contributed by atoms with van der Waals surface area (Å²) in [6, 6.07) is 9.86. The van der Waals surface area contributed by atoms with E-state index in [-0.39, 0.29) is 26.9 Å². The van der Waals surface area contributed by atoms with E-state index in [0.717, 1.165) is 0 Å². The molecule has 0 atom stereocenters. The van der Waals surface area contributed by atoms with Crippen molar-refractivity contribution in [2.45, 2.75) is 11.8 Å². The van der Waals surface area contributed by atoms with Crippen molar-refractivity contribution in [1.29, 1.82) is 0 Å². The van der Waals surface area contributed by atoms with Gasteiger partial charge in [0.15, 0.2) is 6.61 Å². The monoisotopic (exact) mass is 422 g/mol. The van der Waals surface area contributed by atoms with Crippen molar-refractivity contribution in [3.05, 3.63) is 63.5 Å². The minimum Gasteiger partial charge on any atom is -0.482 e. The molecule has 8 nitrogen and oxygen atoms in total. The van der Waals surface area contributed by atoms with Crippen LogP contribution in [-0.4, -0.2) is 20.9 Å². The van der Waals surface area contributed by atoms with Crippen LogP contribution in [0.4, 0.5) is 5.69 Å². The summed E-state index contributed by atoms with van der Waals surface area (Å²) in [4.78, 5) is 23.5. The van der Waals surface area contributed by atoms with Gasteiger partial charge in [-0.05, 0) is 36.8 Å². The van der Waals surface area contributed by atoms with Crippen LogP contribution in [0.25, 0.3) is 11.0 Å². The number of ether oxygens (including phenoxy) is 1. The fourth-order valence-corrected chi connectivity index (χ4v) is 3.30. The fraction of sp³-hybridized carbons (Fsp3) is 0.111. The molecular formula is C18H15ClN2O6S. The van der Waals surface area contributed by atoms with Crippen molar-refractivity contribution >= 4 is 44.2 Å². The maximum absolute atomic E-state index is 12.1. The molecule has 0 aliphatic carbocycles. The normalized spacial score (nSPS) is 11.4. The van der Waals surface area contributed by atoms with Crippen molar-refractivity contribution in [1.82, 2.24) is 0 Å². The smallest absolute Gasteiger partial charge is 0.336 e. The Morgan fingerprint density at radius 2 is 2.00 bits per heavy atom. The third-order valence-corrected chi connectivity index (χ3v) is 5.02. The summed E-state index contributed by atoms with van der Waals surface area (Å²) in [7, 11) is -3.89. The van der Waals surface area contributed by atoms with E-state index in [1.807, 2.05) is 0 Å². The Bertz CT molecular complexity index is 1240. The lowest BCUT2D eigenvalue weighted by Gasteiger charge is -2.10. The van der Waals surface area contributed by atoms with Gasteiger partial charge in [-0.25, -0.2) is 18.4 Å². The van der Waals surface area contributed by atoms with Gasteiger partial charge in [-0.3, -0.25) is 4.79 Å². The lowest BCUT2D eigenvalue weighted by atomic mass is 10.1. The van der Waals surface area contributed by atoms with E-state index in [0.29, 0.717) is 10.9 Å². The van der Waals surface area contributed by atoms with Crippen molar-refractivity contribution in [3.63, 3.8) is 0 Å². The quantitative estimate of drug-likeness (QED) is 0.607. The number of benzene rings is 2. The summed E-state index contributed by atoms with van der Waals surface area (Å²) in [5.74, 6) is -0.384. The van der Waals surface area contributed by atoms with Gasteiger partial charge in [0, 0.05) is 23.2 Å². The number of rotatable bonds is 5. The summed E-state index contributed by atoms with van der Waals surface area (Å²) in [6.07, 6.45) is 0. The first kappa shape index (κ1) is 19.9. The van der Waals surface area contributed by atoms with E-state index in [9.17, 15) is 18.0 Å². The minimum absolute atomic E-state index is 0.130. The second kappa shape index (κ2) is 7.63. The number of sulfonamides is 1. The molecule has 3 N–H and O–H groups in total. The van der Waals surface area contributed by atoms with E-state index in [1.165, 1.54) is 36.4 Å². The molecule has 0 saturated carbocycles. The Labute approximate surface area is 164 Å². The number of halogens is 1. The number of carbonyl (C=O) groups excluding carboxylic acids is 1. The van der Waals surface area contributed by atoms with Crippen molar-refractivity contribution in [2.75, 3.05) is 11.9 Å². The number of hydrogen-bond acceptors (Lipinski definition) is 6. The molecule has 1 amide bonds. The highest BCUT2D eigenvalue weighted by Crippen LogP contribution is 2.31. The molecule has 0 radical (unpaired) electrons. The lowest BCUT2D eigenvalue weighted by molar-refractivity contribution is -0.118. The standard InChI is InChI=1S/C18H15ClN2O6S/c1-10-5-18(23)27-15-8-16(14(19)7-13(10)15)26-9-17(22)21-11-3-2-4-12(6-11)28(20,24)25/h2-8H,9H2,1H3,(H,21,22)(H2,20,24,25). The largest absolute Gasteiger partial charge is 0.482 e. The van der Waals surface area contributed by atoms with Crippen LogP contribution in [0, 0.1) is 6.92 Å². The van der Waals surface area contributed by atoms with Crippen molar-refractivity contribution in [2.24, 2.45) is 5.14 Å². The van der Waals surface area contributed by atoms with Crippen LogP contribution in [0.15, 0.2) is 56.6 Å². The predicted octanol–water partition coefficient (Wildman–Crippen LogP) is 2.42. The molecule has 0 unspecified atom stereocenters. The highest BCUT2D eigenvalue weighted by Gasteiger charge is 2.12. The molecule has 146 valence electrons. The molecule has 0 bridgehead atoms. The minimum atomic E-state index is -3.89. The van der Waals surface area contributed by atoms with Gasteiger partial charge in [0.05, 0.1) is 9.92 Å². The fourth-order valence-electron chi connectivity index (χ4n) is 2.52. The zero-order chi connectivity index (χ0) is 20.5. The second-order valence-electron chi connectivity index (χ2n) is 5.94. The van der Waals surface area contributed by atoms with E-state index >= 15 is 0 Å². The molecule has 3 aromatic rings. The van der Waals surface area contributed by atoms with E-state index in [1.54, 1.807) is 13.0 Å². The highest BCUT2D eigenvalue weighted by molar-refractivity contribution is 7.89. The average molecular weight is 423 g/mol. The van der Waals surface area contributed by atoms with Crippen molar-refractivity contribution < 1.29 is 22.4 Å². The SMILES string of the molecule is Cc1cc(=O)oc2cc(OCC(=O)Nc3cccc(S(N)(=O)=O)c3)c(Cl)cc12. The van der Waals surface area contributed by atoms with Gasteiger partial charge in [0.2, 0.25) is 10.0 Å². The van der Waals surface area contributed by atoms with Gasteiger partial charge in [-0.2, -0.15) is 0 Å². The van der Waals surface area contributed by atoms with Crippen LogP contribution >= 0.6 is 11.6 Å². The molecule has 28 heavy (non-hydrogen) atoms. The molecule has 0 spiro atoms. The van der Waals surface area contributed by atoms with Crippen LogP contribution < -0.4 is 20.8 Å². The Morgan fingerprint density at radius 3 is 2.71 bits per heavy atom. The third kappa shape index (κ3) is 4.50. The zero-order valence-electron chi connectivity index (χ0n) is 14.6. The first-order chi connectivity index (χ1) is 13.1. The van der Waals surface area contributed by atoms with Gasteiger partial charge in [0.25, 0.3) is 5.91 Å². The van der Waals surface area contributed by atoms with Crippen molar-refractivity contribution in [3.8, 4) is 5.75 Å².